The number of likely N-dealkylation sites (N-methyl/N-ethyl adjacent to an activating group) is 1. The minimum absolute atomic E-state index is 0.957. The van der Waals surface area contributed by atoms with Gasteiger partial charge in [-0.15, -0.1) is 0 Å². The fourth-order valence-corrected chi connectivity index (χ4v) is 2.48. The molecule has 0 aliphatic carbocycles. The molecular weight excluding hydrogens is 250 g/mol. The van der Waals surface area contributed by atoms with Gasteiger partial charge < -0.3 is 4.90 Å². The molecule has 5 nitrogen and oxygen atoms in total. The highest BCUT2D eigenvalue weighted by atomic mass is 15.3. The molecule has 1 N–H and O–H groups in total. The van der Waals surface area contributed by atoms with E-state index in [9.17, 15) is 0 Å². The normalized spacial score (nSPS) is 11.4. The van der Waals surface area contributed by atoms with Crippen molar-refractivity contribution in [2.24, 2.45) is 0 Å². The van der Waals surface area contributed by atoms with Crippen molar-refractivity contribution in [1.29, 1.82) is 0 Å². The summed E-state index contributed by atoms with van der Waals surface area (Å²) in [5.74, 6) is 0. The van der Waals surface area contributed by atoms with Crippen molar-refractivity contribution >= 4 is 0 Å². The van der Waals surface area contributed by atoms with Gasteiger partial charge in [0.05, 0.1) is 12.2 Å². The highest BCUT2D eigenvalue weighted by Crippen LogP contribution is 2.11. The van der Waals surface area contributed by atoms with Crippen molar-refractivity contribution < 1.29 is 0 Å². The first-order valence-electron chi connectivity index (χ1n) is 7.25. The van der Waals surface area contributed by atoms with Crippen LogP contribution in [0.3, 0.4) is 0 Å². The standard InChI is InChI=1S/C15H25N5/c1-12-7-8-16-20(12)11-10-19(4)9-5-6-15-13(2)17-18-14(15)3/h7-8H,5-6,9-11H2,1-4H3,(H,17,18). The quantitative estimate of drug-likeness (QED) is 0.842. The van der Waals surface area contributed by atoms with Crippen LogP contribution in [-0.2, 0) is 13.0 Å². The number of hydrogen-bond acceptors (Lipinski definition) is 3. The molecule has 0 radical (unpaired) electrons. The molecule has 5 heteroatoms. The average Bonchev–Trinajstić information content (AvgIpc) is 2.96. The van der Waals surface area contributed by atoms with Gasteiger partial charge in [-0.3, -0.25) is 9.78 Å². The molecule has 0 aliphatic heterocycles. The molecule has 0 amide bonds. The number of H-pyrrole nitrogens is 1. The summed E-state index contributed by atoms with van der Waals surface area (Å²) >= 11 is 0. The van der Waals surface area contributed by atoms with Gasteiger partial charge in [0.15, 0.2) is 0 Å². The van der Waals surface area contributed by atoms with Crippen LogP contribution in [0, 0.1) is 20.8 Å². The number of nitrogens with zero attached hydrogens (tertiary/aromatic N) is 4. The van der Waals surface area contributed by atoms with E-state index in [0.717, 1.165) is 38.2 Å². The maximum Gasteiger partial charge on any atom is 0.0625 e. The summed E-state index contributed by atoms with van der Waals surface area (Å²) in [5.41, 5.74) is 4.94. The van der Waals surface area contributed by atoms with Crippen molar-refractivity contribution in [2.45, 2.75) is 40.2 Å². The van der Waals surface area contributed by atoms with E-state index in [1.54, 1.807) is 0 Å². The van der Waals surface area contributed by atoms with Crippen LogP contribution in [0.25, 0.3) is 0 Å². The molecule has 0 spiro atoms. The Balaban J connectivity index is 1.70. The Morgan fingerprint density at radius 2 is 2.05 bits per heavy atom. The minimum atomic E-state index is 0.957. The predicted octanol–water partition coefficient (Wildman–Crippen LogP) is 2.10. The third-order valence-electron chi connectivity index (χ3n) is 3.87. The van der Waals surface area contributed by atoms with E-state index in [1.165, 1.54) is 17.0 Å². The minimum Gasteiger partial charge on any atom is -0.305 e. The first-order chi connectivity index (χ1) is 9.58. The Hall–Kier alpha value is -1.62. The second-order valence-corrected chi connectivity index (χ2v) is 5.52. The Kier molecular flexibility index (Phi) is 4.95. The molecule has 0 aliphatic rings. The first kappa shape index (κ1) is 14.8. The molecule has 0 unspecified atom stereocenters. The molecule has 2 heterocycles. The van der Waals surface area contributed by atoms with Gasteiger partial charge in [-0.25, -0.2) is 0 Å². The number of aromatic amines is 1. The summed E-state index contributed by atoms with van der Waals surface area (Å²) in [5, 5.41) is 11.6. The second kappa shape index (κ2) is 6.70. The van der Waals surface area contributed by atoms with Gasteiger partial charge in [-0.1, -0.05) is 0 Å². The van der Waals surface area contributed by atoms with Crippen LogP contribution in [0.5, 0.6) is 0 Å². The monoisotopic (exact) mass is 275 g/mol. The average molecular weight is 275 g/mol. The van der Waals surface area contributed by atoms with Gasteiger partial charge in [0.2, 0.25) is 0 Å². The van der Waals surface area contributed by atoms with E-state index in [4.69, 9.17) is 0 Å². The lowest BCUT2D eigenvalue weighted by molar-refractivity contribution is 0.307. The third kappa shape index (κ3) is 3.70. The summed E-state index contributed by atoms with van der Waals surface area (Å²) in [7, 11) is 2.17. The summed E-state index contributed by atoms with van der Waals surface area (Å²) in [6.07, 6.45) is 4.12. The van der Waals surface area contributed by atoms with Gasteiger partial charge >= 0.3 is 0 Å². The van der Waals surface area contributed by atoms with E-state index in [0.29, 0.717) is 0 Å². The predicted molar refractivity (Wildman–Crippen MR) is 80.8 cm³/mol. The molecule has 2 rings (SSSR count). The van der Waals surface area contributed by atoms with E-state index < -0.39 is 0 Å². The smallest absolute Gasteiger partial charge is 0.0625 e. The number of hydrogen-bond donors (Lipinski definition) is 1. The topological polar surface area (TPSA) is 49.7 Å². The fourth-order valence-electron chi connectivity index (χ4n) is 2.48. The van der Waals surface area contributed by atoms with Crippen molar-refractivity contribution in [1.82, 2.24) is 24.9 Å². The zero-order valence-corrected chi connectivity index (χ0v) is 13.0. The van der Waals surface area contributed by atoms with Crippen LogP contribution in [0.1, 0.15) is 29.1 Å². The largest absolute Gasteiger partial charge is 0.305 e. The van der Waals surface area contributed by atoms with E-state index in [1.807, 2.05) is 12.3 Å². The Morgan fingerprint density at radius 3 is 2.65 bits per heavy atom. The van der Waals surface area contributed by atoms with Crippen molar-refractivity contribution in [3.8, 4) is 0 Å². The summed E-state index contributed by atoms with van der Waals surface area (Å²) in [6, 6.07) is 2.05. The highest BCUT2D eigenvalue weighted by molar-refractivity contribution is 5.23. The summed E-state index contributed by atoms with van der Waals surface area (Å²) < 4.78 is 2.06. The van der Waals surface area contributed by atoms with Gasteiger partial charge in [0.1, 0.15) is 0 Å². The first-order valence-corrected chi connectivity index (χ1v) is 7.25. The van der Waals surface area contributed by atoms with Gasteiger partial charge in [0, 0.05) is 24.1 Å². The van der Waals surface area contributed by atoms with Gasteiger partial charge in [-0.05, 0) is 58.8 Å². The maximum absolute atomic E-state index is 4.31. The van der Waals surface area contributed by atoms with Crippen molar-refractivity contribution in [3.05, 3.63) is 34.9 Å². The van der Waals surface area contributed by atoms with Crippen LogP contribution in [0.15, 0.2) is 12.3 Å². The van der Waals surface area contributed by atoms with Crippen LogP contribution >= 0.6 is 0 Å². The second-order valence-electron chi connectivity index (χ2n) is 5.52. The van der Waals surface area contributed by atoms with E-state index >= 15 is 0 Å². The molecule has 2 aromatic rings. The highest BCUT2D eigenvalue weighted by Gasteiger charge is 2.07. The third-order valence-corrected chi connectivity index (χ3v) is 3.87. The van der Waals surface area contributed by atoms with Crippen LogP contribution < -0.4 is 0 Å². The number of aromatic nitrogens is 4. The van der Waals surface area contributed by atoms with Crippen LogP contribution in [0.4, 0.5) is 0 Å². The molecule has 0 aromatic carbocycles. The summed E-state index contributed by atoms with van der Waals surface area (Å²) in [6.45, 7) is 9.36. The van der Waals surface area contributed by atoms with E-state index in [-0.39, 0.29) is 0 Å². The van der Waals surface area contributed by atoms with Crippen LogP contribution in [0.2, 0.25) is 0 Å². The summed E-state index contributed by atoms with van der Waals surface area (Å²) in [4.78, 5) is 2.37. The SMILES string of the molecule is Cc1n[nH]c(C)c1CCCN(C)CCn1nccc1C. The Bertz CT molecular complexity index is 521. The number of rotatable bonds is 7. The Labute approximate surface area is 121 Å². The van der Waals surface area contributed by atoms with Crippen molar-refractivity contribution in [2.75, 3.05) is 20.1 Å². The van der Waals surface area contributed by atoms with Gasteiger partial charge in [0.25, 0.3) is 0 Å². The lowest BCUT2D eigenvalue weighted by Gasteiger charge is -2.17. The van der Waals surface area contributed by atoms with E-state index in [2.05, 4.69) is 52.7 Å². The zero-order chi connectivity index (χ0) is 14.5. The Morgan fingerprint density at radius 1 is 1.25 bits per heavy atom. The molecule has 20 heavy (non-hydrogen) atoms. The number of nitrogens with one attached hydrogen (secondary N) is 1. The molecule has 0 bridgehead atoms. The molecular formula is C15H25N5. The lowest BCUT2D eigenvalue weighted by Crippen LogP contribution is -2.25. The molecule has 0 saturated heterocycles. The molecule has 0 fully saturated rings. The molecule has 0 saturated carbocycles. The molecule has 0 atom stereocenters. The molecule has 2 aromatic heterocycles. The number of aryl methyl sites for hydroxylation is 3. The maximum atomic E-state index is 4.31. The lowest BCUT2D eigenvalue weighted by atomic mass is 10.1. The van der Waals surface area contributed by atoms with Crippen molar-refractivity contribution in [3.63, 3.8) is 0 Å². The molecule has 110 valence electrons. The van der Waals surface area contributed by atoms with Crippen LogP contribution in [-0.4, -0.2) is 45.0 Å². The fraction of sp³-hybridized carbons (Fsp3) is 0.600. The van der Waals surface area contributed by atoms with Gasteiger partial charge in [-0.2, -0.15) is 10.2 Å². The zero-order valence-electron chi connectivity index (χ0n) is 13.0.